The highest BCUT2D eigenvalue weighted by atomic mass is 35.5. The monoisotopic (exact) mass is 212 g/mol. The van der Waals surface area contributed by atoms with Crippen LogP contribution in [0.25, 0.3) is 0 Å². The van der Waals surface area contributed by atoms with Crippen LogP contribution >= 0.6 is 23.4 Å². The summed E-state index contributed by atoms with van der Waals surface area (Å²) in [5, 5.41) is 9.11. The van der Waals surface area contributed by atoms with Gasteiger partial charge in [0.2, 0.25) is 0 Å². The molecule has 0 fully saturated rings. The molecule has 0 radical (unpaired) electrons. The van der Waals surface area contributed by atoms with E-state index in [0.717, 1.165) is 4.90 Å². The van der Waals surface area contributed by atoms with Crippen LogP contribution in [0, 0.1) is 11.3 Å². The van der Waals surface area contributed by atoms with E-state index in [2.05, 4.69) is 6.07 Å². The third-order valence-corrected chi connectivity index (χ3v) is 2.94. The molecular weight excluding hydrogens is 204 g/mol. The van der Waals surface area contributed by atoms with E-state index >= 15 is 0 Å². The van der Waals surface area contributed by atoms with Crippen molar-refractivity contribution in [2.45, 2.75) is 17.1 Å². The van der Waals surface area contributed by atoms with Crippen molar-refractivity contribution in [3.63, 3.8) is 0 Å². The first-order valence-corrected chi connectivity index (χ1v) is 5.00. The fraction of sp³-hybridized carbons (Fsp3) is 0.222. The number of nitriles is 1. The molecule has 0 saturated carbocycles. The molecule has 13 heavy (non-hydrogen) atoms. The third-order valence-electron chi connectivity index (χ3n) is 1.44. The van der Waals surface area contributed by atoms with Crippen molar-refractivity contribution in [1.82, 2.24) is 0 Å². The minimum absolute atomic E-state index is 0.0962. The summed E-state index contributed by atoms with van der Waals surface area (Å²) in [5.41, 5.74) is 6.17. The summed E-state index contributed by atoms with van der Waals surface area (Å²) in [4.78, 5) is 0.893. The summed E-state index contributed by atoms with van der Waals surface area (Å²) < 4.78 is 0. The molecule has 0 heterocycles. The number of anilines is 1. The van der Waals surface area contributed by atoms with Crippen LogP contribution in [0.2, 0.25) is 5.02 Å². The molecule has 0 aromatic heterocycles. The van der Waals surface area contributed by atoms with Gasteiger partial charge in [0, 0.05) is 10.6 Å². The summed E-state index contributed by atoms with van der Waals surface area (Å²) in [7, 11) is 0. The lowest BCUT2D eigenvalue weighted by molar-refractivity contribution is 1.23. The van der Waals surface area contributed by atoms with Gasteiger partial charge in [0.1, 0.15) is 0 Å². The van der Waals surface area contributed by atoms with Crippen molar-refractivity contribution in [2.75, 3.05) is 5.73 Å². The number of nitrogens with zero attached hydrogens (tertiary/aromatic N) is 1. The van der Waals surface area contributed by atoms with Gasteiger partial charge in [-0.15, -0.1) is 11.8 Å². The maximum atomic E-state index is 8.60. The Bertz CT molecular complexity index is 346. The first-order valence-electron chi connectivity index (χ1n) is 3.75. The molecule has 0 spiro atoms. The number of nitrogen functional groups attached to an aromatic ring is 1. The Morgan fingerprint density at radius 3 is 2.85 bits per heavy atom. The number of rotatable bonds is 2. The summed E-state index contributed by atoms with van der Waals surface area (Å²) >= 11 is 7.35. The van der Waals surface area contributed by atoms with Crippen LogP contribution in [-0.2, 0) is 0 Å². The van der Waals surface area contributed by atoms with Crippen LogP contribution in [0.3, 0.4) is 0 Å². The second kappa shape index (κ2) is 4.40. The van der Waals surface area contributed by atoms with Crippen LogP contribution in [0.4, 0.5) is 5.69 Å². The van der Waals surface area contributed by atoms with E-state index in [9.17, 15) is 0 Å². The average Bonchev–Trinajstić information content (AvgIpc) is 2.09. The predicted octanol–water partition coefficient (Wildman–Crippen LogP) is 2.93. The molecule has 2 N–H and O–H groups in total. The molecule has 2 nitrogen and oxygen atoms in total. The Labute approximate surface area is 86.7 Å². The van der Waals surface area contributed by atoms with Crippen molar-refractivity contribution in [1.29, 1.82) is 5.26 Å². The van der Waals surface area contributed by atoms with Gasteiger partial charge >= 0.3 is 0 Å². The second-order valence-electron chi connectivity index (χ2n) is 2.58. The van der Waals surface area contributed by atoms with Crippen LogP contribution < -0.4 is 5.73 Å². The summed E-state index contributed by atoms with van der Waals surface area (Å²) in [6.07, 6.45) is 0. The smallest absolute Gasteiger partial charge is 0.0936 e. The maximum absolute atomic E-state index is 8.60. The third kappa shape index (κ3) is 2.83. The predicted molar refractivity (Wildman–Crippen MR) is 56.8 cm³/mol. The molecule has 0 bridgehead atoms. The van der Waals surface area contributed by atoms with E-state index in [1.54, 1.807) is 12.1 Å². The molecule has 0 aliphatic heterocycles. The van der Waals surface area contributed by atoms with Gasteiger partial charge in [-0.25, -0.2) is 0 Å². The first kappa shape index (κ1) is 10.2. The van der Waals surface area contributed by atoms with Crippen molar-refractivity contribution < 1.29 is 0 Å². The fourth-order valence-corrected chi connectivity index (χ4v) is 1.90. The minimum Gasteiger partial charge on any atom is -0.399 e. The van der Waals surface area contributed by atoms with Crippen LogP contribution in [0.1, 0.15) is 6.92 Å². The van der Waals surface area contributed by atoms with Gasteiger partial charge in [0.15, 0.2) is 0 Å². The summed E-state index contributed by atoms with van der Waals surface area (Å²) in [5.74, 6) is 0. The van der Waals surface area contributed by atoms with E-state index < -0.39 is 0 Å². The Morgan fingerprint density at radius 2 is 2.31 bits per heavy atom. The van der Waals surface area contributed by atoms with E-state index in [0.29, 0.717) is 10.7 Å². The van der Waals surface area contributed by atoms with Gasteiger partial charge in [-0.05, 0) is 25.1 Å². The Hall–Kier alpha value is -0.850. The standard InChI is InChI=1S/C9H9ClN2S/c1-6(5-11)13-9-3-2-7(12)4-8(9)10/h2-4,6H,12H2,1H3. The number of benzene rings is 1. The fourth-order valence-electron chi connectivity index (χ4n) is 0.829. The van der Waals surface area contributed by atoms with Crippen molar-refractivity contribution in [3.05, 3.63) is 23.2 Å². The SMILES string of the molecule is CC(C#N)Sc1ccc(N)cc1Cl. The molecule has 1 atom stereocenters. The van der Waals surface area contributed by atoms with Gasteiger partial charge in [0.05, 0.1) is 16.3 Å². The van der Waals surface area contributed by atoms with Crippen LogP contribution in [0.5, 0.6) is 0 Å². The molecule has 1 rings (SSSR count). The average molecular weight is 213 g/mol. The van der Waals surface area contributed by atoms with E-state index in [1.165, 1.54) is 11.8 Å². The number of hydrogen-bond donors (Lipinski definition) is 1. The van der Waals surface area contributed by atoms with Crippen LogP contribution in [0.15, 0.2) is 23.1 Å². The number of nitrogens with two attached hydrogens (primary N) is 1. The van der Waals surface area contributed by atoms with Gasteiger partial charge in [-0.1, -0.05) is 11.6 Å². The van der Waals surface area contributed by atoms with Gasteiger partial charge in [0.25, 0.3) is 0 Å². The van der Waals surface area contributed by atoms with Gasteiger partial charge < -0.3 is 5.73 Å². The molecule has 4 heteroatoms. The number of halogens is 1. The lowest BCUT2D eigenvalue weighted by Crippen LogP contribution is -1.91. The molecule has 1 unspecified atom stereocenters. The molecule has 1 aromatic rings. The first-order chi connectivity index (χ1) is 6.13. The zero-order valence-corrected chi connectivity index (χ0v) is 8.69. The highest BCUT2D eigenvalue weighted by Gasteiger charge is 2.06. The highest BCUT2D eigenvalue weighted by Crippen LogP contribution is 2.31. The number of thioether (sulfide) groups is 1. The normalized spacial score (nSPS) is 12.1. The van der Waals surface area contributed by atoms with E-state index in [-0.39, 0.29) is 5.25 Å². The van der Waals surface area contributed by atoms with Gasteiger partial charge in [-0.3, -0.25) is 0 Å². The molecule has 0 amide bonds. The minimum atomic E-state index is -0.0962. The molecule has 0 aliphatic rings. The maximum Gasteiger partial charge on any atom is 0.0936 e. The zero-order valence-electron chi connectivity index (χ0n) is 7.12. The quantitative estimate of drug-likeness (QED) is 0.606. The Morgan fingerprint density at radius 1 is 1.62 bits per heavy atom. The van der Waals surface area contributed by atoms with Crippen LogP contribution in [-0.4, -0.2) is 5.25 Å². The van der Waals surface area contributed by atoms with Crippen molar-refractivity contribution in [3.8, 4) is 6.07 Å². The lowest BCUT2D eigenvalue weighted by Gasteiger charge is -2.05. The van der Waals surface area contributed by atoms with E-state index in [1.807, 2.05) is 13.0 Å². The molecule has 0 aliphatic carbocycles. The van der Waals surface area contributed by atoms with Crippen molar-refractivity contribution >= 4 is 29.1 Å². The highest BCUT2D eigenvalue weighted by molar-refractivity contribution is 8.00. The number of hydrogen-bond acceptors (Lipinski definition) is 3. The summed E-state index contributed by atoms with van der Waals surface area (Å²) in [6, 6.07) is 7.42. The Balaban J connectivity index is 2.85. The molecule has 0 saturated heterocycles. The zero-order chi connectivity index (χ0) is 9.84. The van der Waals surface area contributed by atoms with Gasteiger partial charge in [-0.2, -0.15) is 5.26 Å². The largest absolute Gasteiger partial charge is 0.399 e. The molecule has 1 aromatic carbocycles. The summed E-state index contributed by atoms with van der Waals surface area (Å²) in [6.45, 7) is 1.83. The van der Waals surface area contributed by atoms with E-state index in [4.69, 9.17) is 22.6 Å². The molecule has 68 valence electrons. The second-order valence-corrected chi connectivity index (χ2v) is 4.37. The Kier molecular flexibility index (Phi) is 3.47. The lowest BCUT2D eigenvalue weighted by atomic mass is 10.3. The molecular formula is C9H9ClN2S. The topological polar surface area (TPSA) is 49.8 Å². The van der Waals surface area contributed by atoms with Crippen molar-refractivity contribution in [2.24, 2.45) is 0 Å².